The lowest BCUT2D eigenvalue weighted by Gasteiger charge is -2.31. The SMILES string of the molecule is CCC(CC)(CO)NC(=O)C(C)=C(C)C(=O)O. The molecule has 0 aromatic heterocycles. The van der Waals surface area contributed by atoms with Crippen LogP contribution in [0.5, 0.6) is 0 Å². The normalized spacial score (nSPS) is 13.0. The summed E-state index contributed by atoms with van der Waals surface area (Å²) in [5.74, 6) is -1.55. The van der Waals surface area contributed by atoms with Gasteiger partial charge in [-0.1, -0.05) is 13.8 Å². The van der Waals surface area contributed by atoms with Gasteiger partial charge < -0.3 is 15.5 Å². The van der Waals surface area contributed by atoms with Crippen LogP contribution in [0.25, 0.3) is 0 Å². The van der Waals surface area contributed by atoms with E-state index in [2.05, 4.69) is 5.32 Å². The number of aliphatic hydroxyl groups excluding tert-OH is 1. The van der Waals surface area contributed by atoms with E-state index in [0.29, 0.717) is 12.8 Å². The van der Waals surface area contributed by atoms with Gasteiger partial charge in [0.1, 0.15) is 0 Å². The molecule has 0 aliphatic rings. The molecule has 0 radical (unpaired) electrons. The second kappa shape index (κ2) is 6.39. The number of amides is 1. The smallest absolute Gasteiger partial charge is 0.331 e. The molecule has 0 aliphatic carbocycles. The van der Waals surface area contributed by atoms with E-state index in [1.165, 1.54) is 13.8 Å². The Labute approximate surface area is 102 Å². The van der Waals surface area contributed by atoms with Gasteiger partial charge in [-0.25, -0.2) is 4.79 Å². The van der Waals surface area contributed by atoms with Crippen LogP contribution < -0.4 is 5.32 Å². The van der Waals surface area contributed by atoms with Gasteiger partial charge in [-0.05, 0) is 26.7 Å². The minimum atomic E-state index is -1.11. The van der Waals surface area contributed by atoms with Gasteiger partial charge in [0.2, 0.25) is 5.91 Å². The topological polar surface area (TPSA) is 86.6 Å². The van der Waals surface area contributed by atoms with Crippen LogP contribution in [0.15, 0.2) is 11.1 Å². The van der Waals surface area contributed by atoms with Crippen LogP contribution in [0.3, 0.4) is 0 Å². The lowest BCUT2D eigenvalue weighted by Crippen LogP contribution is -2.50. The van der Waals surface area contributed by atoms with Gasteiger partial charge in [-0.2, -0.15) is 0 Å². The molecule has 0 heterocycles. The average Bonchev–Trinajstić information content (AvgIpc) is 2.33. The summed E-state index contributed by atoms with van der Waals surface area (Å²) in [6.07, 6.45) is 1.18. The third-order valence-corrected chi connectivity index (χ3v) is 3.26. The molecule has 0 fully saturated rings. The van der Waals surface area contributed by atoms with Crippen molar-refractivity contribution in [3.63, 3.8) is 0 Å². The molecule has 3 N–H and O–H groups in total. The number of carbonyl (C=O) groups excluding carboxylic acids is 1. The molecule has 5 nitrogen and oxygen atoms in total. The lowest BCUT2D eigenvalue weighted by atomic mass is 9.93. The zero-order valence-corrected chi connectivity index (χ0v) is 10.8. The summed E-state index contributed by atoms with van der Waals surface area (Å²) in [6.45, 7) is 6.42. The van der Waals surface area contributed by atoms with Crippen LogP contribution in [-0.4, -0.2) is 34.2 Å². The average molecular weight is 243 g/mol. The molecule has 0 rings (SSSR count). The largest absolute Gasteiger partial charge is 0.478 e. The molecule has 0 spiro atoms. The standard InChI is InChI=1S/C12H21NO4/c1-5-12(6-2,7-14)13-10(15)8(3)9(4)11(16)17/h14H,5-7H2,1-4H3,(H,13,15)(H,16,17). The summed E-state index contributed by atoms with van der Waals surface area (Å²) >= 11 is 0. The fraction of sp³-hybridized carbons (Fsp3) is 0.667. The van der Waals surface area contributed by atoms with E-state index >= 15 is 0 Å². The van der Waals surface area contributed by atoms with Gasteiger partial charge >= 0.3 is 5.97 Å². The molecule has 98 valence electrons. The minimum absolute atomic E-state index is 0.0153. The summed E-state index contributed by atoms with van der Waals surface area (Å²) in [7, 11) is 0. The van der Waals surface area contributed by atoms with E-state index in [1.807, 2.05) is 13.8 Å². The second-order valence-electron chi connectivity index (χ2n) is 4.15. The van der Waals surface area contributed by atoms with Gasteiger partial charge in [0.25, 0.3) is 0 Å². The maximum absolute atomic E-state index is 11.8. The Morgan fingerprint density at radius 3 is 1.88 bits per heavy atom. The maximum Gasteiger partial charge on any atom is 0.331 e. The van der Waals surface area contributed by atoms with Crippen molar-refractivity contribution in [1.29, 1.82) is 0 Å². The van der Waals surface area contributed by atoms with Gasteiger partial charge in [-0.15, -0.1) is 0 Å². The van der Waals surface area contributed by atoms with Gasteiger partial charge in [-0.3, -0.25) is 4.79 Å². The van der Waals surface area contributed by atoms with Gasteiger partial charge in [0.05, 0.1) is 12.1 Å². The Morgan fingerprint density at radius 2 is 1.59 bits per heavy atom. The number of aliphatic hydroxyl groups is 1. The third kappa shape index (κ3) is 3.85. The van der Waals surface area contributed by atoms with Crippen LogP contribution in [0, 0.1) is 0 Å². The number of aliphatic carboxylic acids is 1. The highest BCUT2D eigenvalue weighted by atomic mass is 16.4. The van der Waals surface area contributed by atoms with Crippen molar-refractivity contribution in [2.24, 2.45) is 0 Å². The molecular formula is C12H21NO4. The molecule has 0 saturated heterocycles. The van der Waals surface area contributed by atoms with Crippen LogP contribution in [0.2, 0.25) is 0 Å². The maximum atomic E-state index is 11.8. The summed E-state index contributed by atoms with van der Waals surface area (Å²) in [5, 5.41) is 20.8. The van der Waals surface area contributed by atoms with E-state index in [-0.39, 0.29) is 17.8 Å². The number of hydrogen-bond donors (Lipinski definition) is 3. The number of carboxylic acid groups (broad SMARTS) is 1. The molecule has 1 amide bonds. The first-order chi connectivity index (χ1) is 7.83. The van der Waals surface area contributed by atoms with E-state index < -0.39 is 17.4 Å². The predicted octanol–water partition coefficient (Wildman–Crippen LogP) is 1.07. The summed E-state index contributed by atoms with van der Waals surface area (Å²) in [5.41, 5.74) is -0.490. The van der Waals surface area contributed by atoms with Crippen LogP contribution in [-0.2, 0) is 9.59 Å². The molecule has 17 heavy (non-hydrogen) atoms. The Balaban J connectivity index is 4.98. The van der Waals surface area contributed by atoms with Crippen molar-refractivity contribution in [2.75, 3.05) is 6.61 Å². The van der Waals surface area contributed by atoms with E-state index in [4.69, 9.17) is 5.11 Å². The zero-order valence-electron chi connectivity index (χ0n) is 10.8. The highest BCUT2D eigenvalue weighted by Gasteiger charge is 2.28. The molecule has 0 saturated carbocycles. The molecule has 0 atom stereocenters. The molecule has 0 aromatic carbocycles. The Hall–Kier alpha value is -1.36. The minimum Gasteiger partial charge on any atom is -0.478 e. The van der Waals surface area contributed by atoms with Gasteiger partial charge in [0, 0.05) is 11.1 Å². The van der Waals surface area contributed by atoms with Crippen molar-refractivity contribution in [3.8, 4) is 0 Å². The first kappa shape index (κ1) is 15.6. The van der Waals surface area contributed by atoms with Crippen molar-refractivity contribution in [3.05, 3.63) is 11.1 Å². The number of nitrogens with one attached hydrogen (secondary N) is 1. The molecule has 5 heteroatoms. The summed E-state index contributed by atoms with van der Waals surface area (Å²) < 4.78 is 0. The van der Waals surface area contributed by atoms with Crippen LogP contribution >= 0.6 is 0 Å². The first-order valence-electron chi connectivity index (χ1n) is 5.67. The molecule has 0 bridgehead atoms. The Bertz CT molecular complexity index is 321. The fourth-order valence-corrected chi connectivity index (χ4v) is 1.36. The predicted molar refractivity (Wildman–Crippen MR) is 64.6 cm³/mol. The number of carboxylic acids is 1. The van der Waals surface area contributed by atoms with Crippen LogP contribution in [0.4, 0.5) is 0 Å². The third-order valence-electron chi connectivity index (χ3n) is 3.26. The molecular weight excluding hydrogens is 222 g/mol. The highest BCUT2D eigenvalue weighted by molar-refractivity contribution is 6.01. The Morgan fingerprint density at radius 1 is 1.12 bits per heavy atom. The van der Waals surface area contributed by atoms with E-state index in [0.717, 1.165) is 0 Å². The quantitative estimate of drug-likeness (QED) is 0.609. The van der Waals surface area contributed by atoms with E-state index in [1.54, 1.807) is 0 Å². The van der Waals surface area contributed by atoms with Gasteiger partial charge in [0.15, 0.2) is 0 Å². The van der Waals surface area contributed by atoms with Crippen LogP contribution in [0.1, 0.15) is 40.5 Å². The summed E-state index contributed by atoms with van der Waals surface area (Å²) in [6, 6.07) is 0. The number of hydrogen-bond acceptors (Lipinski definition) is 3. The van der Waals surface area contributed by atoms with Crippen molar-refractivity contribution in [2.45, 2.75) is 46.1 Å². The fourth-order valence-electron chi connectivity index (χ4n) is 1.36. The highest BCUT2D eigenvalue weighted by Crippen LogP contribution is 2.15. The van der Waals surface area contributed by atoms with Crippen molar-refractivity contribution >= 4 is 11.9 Å². The summed E-state index contributed by atoms with van der Waals surface area (Å²) in [4.78, 5) is 22.6. The number of rotatable bonds is 6. The zero-order chi connectivity index (χ0) is 13.6. The van der Waals surface area contributed by atoms with Crippen molar-refractivity contribution < 1.29 is 19.8 Å². The molecule has 0 aliphatic heterocycles. The monoisotopic (exact) mass is 243 g/mol. The Kier molecular flexibility index (Phi) is 5.88. The second-order valence-corrected chi connectivity index (χ2v) is 4.15. The molecule has 0 aromatic rings. The molecule has 0 unspecified atom stereocenters. The van der Waals surface area contributed by atoms with E-state index in [9.17, 15) is 14.7 Å². The lowest BCUT2D eigenvalue weighted by molar-refractivity contribution is -0.133. The first-order valence-corrected chi connectivity index (χ1v) is 5.67. The number of carbonyl (C=O) groups is 2. The van der Waals surface area contributed by atoms with Crippen molar-refractivity contribution in [1.82, 2.24) is 5.32 Å².